The number of fused-ring (bicyclic) bond motifs is 3. The first kappa shape index (κ1) is 39.5. The van der Waals surface area contributed by atoms with Crippen LogP contribution in [0.1, 0.15) is 0 Å². The van der Waals surface area contributed by atoms with E-state index in [0.29, 0.717) is 17.5 Å². The lowest BCUT2D eigenvalue weighted by Gasteiger charge is -2.13. The van der Waals surface area contributed by atoms with Crippen LogP contribution in [-0.4, -0.2) is 24.6 Å². The van der Waals surface area contributed by atoms with Gasteiger partial charge in [0.1, 0.15) is 5.69 Å². The van der Waals surface area contributed by atoms with Gasteiger partial charge in [0.05, 0.1) is 11.2 Å². The first-order valence-electron chi connectivity index (χ1n) is 22.5. The molecular weight excluding hydrogens is 815 g/mol. The zero-order valence-corrected chi connectivity index (χ0v) is 36.4. The van der Waals surface area contributed by atoms with Gasteiger partial charge in [-0.15, -0.1) is 0 Å². The Balaban J connectivity index is 0.994. The van der Waals surface area contributed by atoms with E-state index in [1.54, 1.807) is 0 Å². The molecule has 0 saturated heterocycles. The fourth-order valence-corrected chi connectivity index (χ4v) is 9.10. The van der Waals surface area contributed by atoms with Gasteiger partial charge in [0.25, 0.3) is 0 Å². The number of pyridine rings is 1. The van der Waals surface area contributed by atoms with Gasteiger partial charge < -0.3 is 0 Å². The maximum absolute atomic E-state index is 5.40. The van der Waals surface area contributed by atoms with Crippen LogP contribution in [-0.2, 0) is 0 Å². The molecule has 3 aromatic heterocycles. The van der Waals surface area contributed by atoms with Crippen molar-refractivity contribution < 1.29 is 0 Å². The summed E-state index contributed by atoms with van der Waals surface area (Å²) >= 11 is 0. The molecule has 0 saturated carbocycles. The van der Waals surface area contributed by atoms with Gasteiger partial charge >= 0.3 is 0 Å². The summed E-state index contributed by atoms with van der Waals surface area (Å²) in [4.78, 5) is 15.4. The normalized spacial score (nSPS) is 11.3. The molecule has 0 fully saturated rings. The Bertz CT molecular complexity index is 3580. The molecule has 12 rings (SSSR count). The van der Waals surface area contributed by atoms with Gasteiger partial charge in [0.2, 0.25) is 0 Å². The van der Waals surface area contributed by atoms with Crippen molar-refractivity contribution in [1.82, 2.24) is 24.6 Å². The zero-order valence-electron chi connectivity index (χ0n) is 36.4. The Hall–Kier alpha value is -9.06. The lowest BCUT2D eigenvalue weighted by atomic mass is 9.95. The third kappa shape index (κ3) is 7.64. The maximum Gasteiger partial charge on any atom is 0.164 e. The highest BCUT2D eigenvalue weighted by molar-refractivity contribution is 6.09. The average Bonchev–Trinajstić information content (AvgIpc) is 3.83. The van der Waals surface area contributed by atoms with E-state index in [9.17, 15) is 0 Å². The minimum Gasteiger partial charge on any atom is -0.231 e. The van der Waals surface area contributed by atoms with E-state index < -0.39 is 0 Å². The number of aromatic nitrogens is 5. The molecule has 0 aliphatic heterocycles. The van der Waals surface area contributed by atoms with Crippen molar-refractivity contribution in [2.75, 3.05) is 0 Å². The van der Waals surface area contributed by atoms with Crippen LogP contribution in [0.4, 0.5) is 0 Å². The molecule has 67 heavy (non-hydrogen) atoms. The summed E-state index contributed by atoms with van der Waals surface area (Å²) in [5.74, 6) is 1.84. The molecule has 0 bridgehead atoms. The van der Waals surface area contributed by atoms with E-state index >= 15 is 0 Å². The van der Waals surface area contributed by atoms with Crippen LogP contribution in [0.2, 0.25) is 0 Å². The fourth-order valence-electron chi connectivity index (χ4n) is 9.10. The second kappa shape index (κ2) is 17.1. The predicted molar refractivity (Wildman–Crippen MR) is 275 cm³/mol. The summed E-state index contributed by atoms with van der Waals surface area (Å²) in [6.45, 7) is 0. The molecule has 5 nitrogen and oxygen atoms in total. The summed E-state index contributed by atoms with van der Waals surface area (Å²) in [6.07, 6.45) is 0. The SMILES string of the molecule is c1ccc(-c2ccc(-c3nc(-c4ccc(-c5ccccc5)cc4)nc(-c4cccc(-c5ccc6c(c5)cc(-c5ccccc5)n5nc(-c7ccccc7)c(-c7ccccc7)c65)c4)n3)cc2)cc1. The highest BCUT2D eigenvalue weighted by atomic mass is 15.2. The Labute approximate surface area is 389 Å². The number of nitrogens with zero attached hydrogens (tertiary/aromatic N) is 5. The highest BCUT2D eigenvalue weighted by Gasteiger charge is 2.22. The van der Waals surface area contributed by atoms with Crippen LogP contribution in [0.3, 0.4) is 0 Å². The van der Waals surface area contributed by atoms with Crippen molar-refractivity contribution in [3.63, 3.8) is 0 Å². The quantitative estimate of drug-likeness (QED) is 0.145. The van der Waals surface area contributed by atoms with Gasteiger partial charge in [-0.1, -0.05) is 231 Å². The monoisotopic (exact) mass is 855 g/mol. The third-order valence-corrected chi connectivity index (χ3v) is 12.5. The maximum atomic E-state index is 5.40. The van der Waals surface area contributed by atoms with E-state index in [1.165, 1.54) is 0 Å². The summed E-state index contributed by atoms with van der Waals surface area (Å²) in [7, 11) is 0. The van der Waals surface area contributed by atoms with Gasteiger partial charge in [-0.3, -0.25) is 0 Å². The molecular formula is C62H41N5. The van der Waals surface area contributed by atoms with Crippen LogP contribution >= 0.6 is 0 Å². The van der Waals surface area contributed by atoms with Crippen molar-refractivity contribution >= 4 is 16.3 Å². The molecule has 9 aromatic carbocycles. The van der Waals surface area contributed by atoms with Gasteiger partial charge in [-0.2, -0.15) is 5.10 Å². The lowest BCUT2D eigenvalue weighted by molar-refractivity contribution is 0.979. The minimum absolute atomic E-state index is 0.607. The Morgan fingerprint density at radius 2 is 0.657 bits per heavy atom. The lowest BCUT2D eigenvalue weighted by Crippen LogP contribution is -2.00. The van der Waals surface area contributed by atoms with Gasteiger partial charge in [-0.25, -0.2) is 19.5 Å². The minimum atomic E-state index is 0.607. The van der Waals surface area contributed by atoms with Crippen LogP contribution in [0.15, 0.2) is 249 Å². The second-order valence-electron chi connectivity index (χ2n) is 16.7. The summed E-state index contributed by atoms with van der Waals surface area (Å²) in [5, 5.41) is 7.64. The molecule has 0 aliphatic rings. The van der Waals surface area contributed by atoms with Gasteiger partial charge in [0, 0.05) is 38.8 Å². The molecule has 5 heteroatoms. The van der Waals surface area contributed by atoms with Crippen molar-refractivity contribution in [3.8, 4) is 101 Å². The Morgan fingerprint density at radius 3 is 1.19 bits per heavy atom. The largest absolute Gasteiger partial charge is 0.231 e. The molecule has 3 heterocycles. The van der Waals surface area contributed by atoms with E-state index in [1.807, 2.05) is 12.1 Å². The van der Waals surface area contributed by atoms with Gasteiger partial charge in [0.15, 0.2) is 17.5 Å². The first-order valence-corrected chi connectivity index (χ1v) is 22.5. The standard InChI is InChI=1S/C62H41N5/c1-6-17-42(18-7-1)44-29-33-49(34-30-44)60-63-61(50-35-31-45(32-36-50)43-19-8-2-9-20-43)65-62(64-60)53-28-16-27-51(39-53)52-37-38-55-54(40-52)41-56(46-21-10-3-11-22-46)67-59(55)57(47-23-12-4-13-24-47)58(66-67)48-25-14-5-15-26-48/h1-41H. The molecule has 0 radical (unpaired) electrons. The Kier molecular flexibility index (Phi) is 10.1. The third-order valence-electron chi connectivity index (χ3n) is 12.5. The number of benzene rings is 9. The van der Waals surface area contributed by atoms with E-state index in [4.69, 9.17) is 20.1 Å². The van der Waals surface area contributed by atoms with Crippen molar-refractivity contribution in [2.24, 2.45) is 0 Å². The topological polar surface area (TPSA) is 56.0 Å². The molecule has 0 N–H and O–H groups in total. The van der Waals surface area contributed by atoms with Crippen LogP contribution in [0.25, 0.3) is 117 Å². The van der Waals surface area contributed by atoms with Crippen molar-refractivity contribution in [3.05, 3.63) is 249 Å². The van der Waals surface area contributed by atoms with E-state index in [-0.39, 0.29) is 0 Å². The molecule has 0 atom stereocenters. The molecule has 12 aromatic rings. The number of hydrogen-bond donors (Lipinski definition) is 0. The Morgan fingerprint density at radius 1 is 0.269 bits per heavy atom. The molecule has 314 valence electrons. The second-order valence-corrected chi connectivity index (χ2v) is 16.7. The smallest absolute Gasteiger partial charge is 0.164 e. The fraction of sp³-hybridized carbons (Fsp3) is 0. The summed E-state index contributed by atoms with van der Waals surface area (Å²) in [6, 6.07) is 87.0. The first-order chi connectivity index (χ1) is 33.2. The molecule has 0 spiro atoms. The van der Waals surface area contributed by atoms with E-state index in [2.05, 4.69) is 241 Å². The van der Waals surface area contributed by atoms with Crippen LogP contribution in [0.5, 0.6) is 0 Å². The molecule has 0 unspecified atom stereocenters. The molecule has 0 amide bonds. The van der Waals surface area contributed by atoms with Gasteiger partial charge in [-0.05, 0) is 62.5 Å². The number of hydrogen-bond acceptors (Lipinski definition) is 4. The number of rotatable bonds is 9. The van der Waals surface area contributed by atoms with Crippen molar-refractivity contribution in [1.29, 1.82) is 0 Å². The summed E-state index contributed by atoms with van der Waals surface area (Å²) in [5.41, 5.74) is 16.9. The predicted octanol–water partition coefficient (Wildman–Crippen LogP) is 15.7. The highest BCUT2D eigenvalue weighted by Crippen LogP contribution is 2.42. The average molecular weight is 856 g/mol. The van der Waals surface area contributed by atoms with Crippen LogP contribution in [0, 0.1) is 0 Å². The van der Waals surface area contributed by atoms with E-state index in [0.717, 1.165) is 100 Å². The van der Waals surface area contributed by atoms with Crippen molar-refractivity contribution in [2.45, 2.75) is 0 Å². The zero-order chi connectivity index (χ0) is 44.5. The van der Waals surface area contributed by atoms with Crippen LogP contribution < -0.4 is 0 Å². The summed E-state index contributed by atoms with van der Waals surface area (Å²) < 4.78 is 2.14. The molecule has 0 aliphatic carbocycles.